The summed E-state index contributed by atoms with van der Waals surface area (Å²) in [6, 6.07) is 9.75. The zero-order valence-corrected chi connectivity index (χ0v) is 12.5. The maximum atomic E-state index is 11.7. The Labute approximate surface area is 129 Å². The maximum absolute atomic E-state index is 11.7. The third-order valence-corrected chi connectivity index (χ3v) is 3.72. The number of rotatable bonds is 7. The van der Waals surface area contributed by atoms with Gasteiger partial charge in [0.25, 0.3) is 0 Å². The van der Waals surface area contributed by atoms with Crippen LogP contribution in [0.3, 0.4) is 0 Å². The van der Waals surface area contributed by atoms with Crippen molar-refractivity contribution in [2.45, 2.75) is 25.4 Å². The molecular weight excluding hydrogens is 284 g/mol. The fourth-order valence-electron chi connectivity index (χ4n) is 2.58. The van der Waals surface area contributed by atoms with E-state index >= 15 is 0 Å². The lowest BCUT2D eigenvalue weighted by molar-refractivity contribution is -0.137. The van der Waals surface area contributed by atoms with Crippen molar-refractivity contribution in [1.82, 2.24) is 10.6 Å². The van der Waals surface area contributed by atoms with Crippen LogP contribution in [0.4, 0.5) is 4.79 Å². The van der Waals surface area contributed by atoms with Crippen molar-refractivity contribution in [2.24, 2.45) is 5.92 Å². The molecule has 2 rings (SSSR count). The van der Waals surface area contributed by atoms with E-state index < -0.39 is 5.97 Å². The molecule has 0 radical (unpaired) electrons. The Bertz CT molecular complexity index is 492. The van der Waals surface area contributed by atoms with Gasteiger partial charge in [0.2, 0.25) is 0 Å². The molecule has 2 unspecified atom stereocenters. The molecule has 22 heavy (non-hydrogen) atoms. The second kappa shape index (κ2) is 8.38. The van der Waals surface area contributed by atoms with Crippen molar-refractivity contribution in [3.63, 3.8) is 0 Å². The summed E-state index contributed by atoms with van der Waals surface area (Å²) in [5.74, 6) is -0.594. The molecule has 0 aliphatic carbocycles. The molecule has 2 amide bonds. The Kier molecular flexibility index (Phi) is 6.21. The molecule has 1 saturated heterocycles. The normalized spacial score (nSPS) is 20.5. The predicted molar refractivity (Wildman–Crippen MR) is 81.5 cm³/mol. The first-order valence-electron chi connectivity index (χ1n) is 7.57. The fraction of sp³-hybridized carbons (Fsp3) is 0.500. The van der Waals surface area contributed by atoms with Crippen LogP contribution in [-0.2, 0) is 9.53 Å². The van der Waals surface area contributed by atoms with E-state index in [0.717, 1.165) is 12.0 Å². The van der Waals surface area contributed by atoms with Crippen molar-refractivity contribution in [2.75, 3.05) is 19.7 Å². The summed E-state index contributed by atoms with van der Waals surface area (Å²) in [7, 11) is 0. The molecule has 0 saturated carbocycles. The average molecular weight is 306 g/mol. The zero-order valence-electron chi connectivity index (χ0n) is 12.5. The van der Waals surface area contributed by atoms with Crippen molar-refractivity contribution < 1.29 is 19.4 Å². The molecule has 0 aromatic heterocycles. The van der Waals surface area contributed by atoms with Crippen molar-refractivity contribution >= 4 is 12.0 Å². The highest BCUT2D eigenvalue weighted by Crippen LogP contribution is 2.33. The van der Waals surface area contributed by atoms with Gasteiger partial charge in [-0.3, -0.25) is 4.79 Å². The van der Waals surface area contributed by atoms with Gasteiger partial charge in [-0.2, -0.15) is 0 Å². The molecule has 6 heteroatoms. The highest BCUT2D eigenvalue weighted by molar-refractivity contribution is 5.73. The van der Waals surface area contributed by atoms with Crippen molar-refractivity contribution in [1.29, 1.82) is 0 Å². The molecule has 1 aliphatic heterocycles. The lowest BCUT2D eigenvalue weighted by Gasteiger charge is -2.19. The number of benzene rings is 1. The van der Waals surface area contributed by atoms with Gasteiger partial charge in [0, 0.05) is 32.0 Å². The number of amides is 2. The van der Waals surface area contributed by atoms with E-state index in [9.17, 15) is 9.59 Å². The number of carboxylic acid groups (broad SMARTS) is 1. The van der Waals surface area contributed by atoms with E-state index in [1.807, 2.05) is 30.3 Å². The molecular formula is C16H22N2O4. The Morgan fingerprint density at radius 1 is 1.23 bits per heavy atom. The summed E-state index contributed by atoms with van der Waals surface area (Å²) < 4.78 is 5.77. The number of urea groups is 1. The Hall–Kier alpha value is -2.08. The van der Waals surface area contributed by atoms with Gasteiger partial charge in [-0.1, -0.05) is 30.3 Å². The number of carboxylic acids is 1. The van der Waals surface area contributed by atoms with Gasteiger partial charge in [-0.15, -0.1) is 0 Å². The smallest absolute Gasteiger partial charge is 0.314 e. The first-order valence-corrected chi connectivity index (χ1v) is 7.57. The van der Waals surface area contributed by atoms with Gasteiger partial charge >= 0.3 is 12.0 Å². The van der Waals surface area contributed by atoms with Gasteiger partial charge < -0.3 is 20.5 Å². The number of ether oxygens (including phenoxy) is 1. The first-order chi connectivity index (χ1) is 10.7. The summed E-state index contributed by atoms with van der Waals surface area (Å²) in [5, 5.41) is 14.0. The third-order valence-electron chi connectivity index (χ3n) is 3.72. The molecule has 0 spiro atoms. The third kappa shape index (κ3) is 5.04. The molecule has 1 fully saturated rings. The molecule has 1 heterocycles. The van der Waals surface area contributed by atoms with Gasteiger partial charge in [-0.25, -0.2) is 4.79 Å². The summed E-state index contributed by atoms with van der Waals surface area (Å²) >= 11 is 0. The van der Waals surface area contributed by atoms with E-state index in [1.54, 1.807) is 0 Å². The fourth-order valence-corrected chi connectivity index (χ4v) is 2.58. The van der Waals surface area contributed by atoms with Gasteiger partial charge in [0.15, 0.2) is 0 Å². The quantitative estimate of drug-likeness (QED) is 0.672. The van der Waals surface area contributed by atoms with Crippen LogP contribution in [0.25, 0.3) is 0 Å². The average Bonchev–Trinajstić information content (AvgIpc) is 2.99. The minimum atomic E-state index is -0.851. The minimum Gasteiger partial charge on any atom is -0.481 e. The highest BCUT2D eigenvalue weighted by Gasteiger charge is 2.29. The summed E-state index contributed by atoms with van der Waals surface area (Å²) in [5.41, 5.74) is 1.13. The zero-order chi connectivity index (χ0) is 15.8. The molecule has 3 N–H and O–H groups in total. The monoisotopic (exact) mass is 306 g/mol. The van der Waals surface area contributed by atoms with Crippen LogP contribution in [0.1, 0.15) is 30.9 Å². The lowest BCUT2D eigenvalue weighted by atomic mass is 9.95. The first kappa shape index (κ1) is 16.3. The Balaban J connectivity index is 1.71. The van der Waals surface area contributed by atoms with Crippen LogP contribution >= 0.6 is 0 Å². The summed E-state index contributed by atoms with van der Waals surface area (Å²) in [4.78, 5) is 22.0. The van der Waals surface area contributed by atoms with Crippen LogP contribution in [0.5, 0.6) is 0 Å². The van der Waals surface area contributed by atoms with Gasteiger partial charge in [0.1, 0.15) is 0 Å². The van der Waals surface area contributed by atoms with Gasteiger partial charge in [-0.05, 0) is 18.4 Å². The van der Waals surface area contributed by atoms with E-state index in [0.29, 0.717) is 26.1 Å². The summed E-state index contributed by atoms with van der Waals surface area (Å²) in [6.07, 6.45) is 1.43. The minimum absolute atomic E-state index is 0.0218. The van der Waals surface area contributed by atoms with E-state index in [-0.39, 0.29) is 24.5 Å². The standard InChI is InChI=1S/C16H22N2O4/c19-14(20)7-4-9-17-16(21)18-11-13-8-10-22-15(13)12-5-2-1-3-6-12/h1-3,5-6,13,15H,4,7-11H2,(H,19,20)(H2,17,18,21). The second-order valence-corrected chi connectivity index (χ2v) is 5.38. The topological polar surface area (TPSA) is 87.7 Å². The number of aliphatic carboxylic acids is 1. The molecule has 1 aliphatic rings. The summed E-state index contributed by atoms with van der Waals surface area (Å²) in [6.45, 7) is 1.61. The number of hydrogen-bond donors (Lipinski definition) is 3. The molecule has 0 bridgehead atoms. The van der Waals surface area contributed by atoms with Crippen molar-refractivity contribution in [3.8, 4) is 0 Å². The number of carbonyl (C=O) groups is 2. The molecule has 1 aromatic carbocycles. The number of hydrogen-bond acceptors (Lipinski definition) is 3. The Morgan fingerprint density at radius 2 is 2.00 bits per heavy atom. The molecule has 2 atom stereocenters. The van der Waals surface area contributed by atoms with Gasteiger partial charge in [0.05, 0.1) is 6.10 Å². The maximum Gasteiger partial charge on any atom is 0.314 e. The largest absolute Gasteiger partial charge is 0.481 e. The predicted octanol–water partition coefficient (Wildman–Crippen LogP) is 1.93. The highest BCUT2D eigenvalue weighted by atomic mass is 16.5. The second-order valence-electron chi connectivity index (χ2n) is 5.38. The number of nitrogens with one attached hydrogen (secondary N) is 2. The number of carbonyl (C=O) groups excluding carboxylic acids is 1. The van der Waals surface area contributed by atoms with Crippen LogP contribution in [0.15, 0.2) is 30.3 Å². The molecule has 120 valence electrons. The van der Waals surface area contributed by atoms with E-state index in [4.69, 9.17) is 9.84 Å². The molecule has 6 nitrogen and oxygen atoms in total. The Morgan fingerprint density at radius 3 is 2.73 bits per heavy atom. The van der Waals surface area contributed by atoms with Crippen LogP contribution in [0, 0.1) is 5.92 Å². The lowest BCUT2D eigenvalue weighted by Crippen LogP contribution is -2.39. The van der Waals surface area contributed by atoms with E-state index in [2.05, 4.69) is 10.6 Å². The SMILES string of the molecule is O=C(O)CCCNC(=O)NCC1CCOC1c1ccccc1. The van der Waals surface area contributed by atoms with E-state index in [1.165, 1.54) is 0 Å². The van der Waals surface area contributed by atoms with Crippen LogP contribution < -0.4 is 10.6 Å². The van der Waals surface area contributed by atoms with Crippen LogP contribution in [-0.4, -0.2) is 36.8 Å². The van der Waals surface area contributed by atoms with Crippen LogP contribution in [0.2, 0.25) is 0 Å². The van der Waals surface area contributed by atoms with Crippen molar-refractivity contribution in [3.05, 3.63) is 35.9 Å². The molecule has 1 aromatic rings.